The van der Waals surface area contributed by atoms with Crippen LogP contribution < -0.4 is 5.32 Å². The average molecular weight is 205 g/mol. The Morgan fingerprint density at radius 3 is 2.73 bits per heavy atom. The highest BCUT2D eigenvalue weighted by molar-refractivity contribution is 6.51. The topological polar surface area (TPSA) is 72.5 Å². The molecule has 2 rings (SSSR count). The molecule has 1 heterocycles. The molecule has 1 N–H and O–H groups in total. The molecule has 0 bridgehead atoms. The number of hydrogen-bond donors (Lipinski definition) is 1. The zero-order valence-corrected chi connectivity index (χ0v) is 7.87. The molecular formula is C10H7NO4. The molecule has 1 aromatic carbocycles. The second kappa shape index (κ2) is 3.20. The van der Waals surface area contributed by atoms with Gasteiger partial charge in [-0.05, 0) is 18.2 Å². The van der Waals surface area contributed by atoms with Crippen molar-refractivity contribution >= 4 is 23.3 Å². The van der Waals surface area contributed by atoms with E-state index < -0.39 is 17.7 Å². The molecule has 0 atom stereocenters. The second-order valence-corrected chi connectivity index (χ2v) is 3.04. The molecule has 0 aromatic heterocycles. The minimum atomic E-state index is -0.674. The van der Waals surface area contributed by atoms with Crippen LogP contribution in [0.25, 0.3) is 0 Å². The van der Waals surface area contributed by atoms with Gasteiger partial charge in [-0.25, -0.2) is 4.79 Å². The van der Waals surface area contributed by atoms with Crippen molar-refractivity contribution < 1.29 is 19.1 Å². The van der Waals surface area contributed by atoms with Crippen LogP contribution in [0.4, 0.5) is 5.69 Å². The zero-order valence-electron chi connectivity index (χ0n) is 7.87. The van der Waals surface area contributed by atoms with Crippen LogP contribution in [-0.4, -0.2) is 24.8 Å². The number of amides is 1. The fourth-order valence-electron chi connectivity index (χ4n) is 1.39. The minimum Gasteiger partial charge on any atom is -0.465 e. The predicted molar refractivity (Wildman–Crippen MR) is 50.7 cm³/mol. The Bertz CT molecular complexity index is 478. The van der Waals surface area contributed by atoms with Crippen molar-refractivity contribution in [1.29, 1.82) is 0 Å². The molecule has 1 aliphatic heterocycles. The van der Waals surface area contributed by atoms with Crippen LogP contribution >= 0.6 is 0 Å². The Labute approximate surface area is 85.0 Å². The van der Waals surface area contributed by atoms with Crippen LogP contribution in [-0.2, 0) is 9.53 Å². The minimum absolute atomic E-state index is 0.285. The lowest BCUT2D eigenvalue weighted by Gasteiger charge is -2.01. The Morgan fingerprint density at radius 2 is 2.07 bits per heavy atom. The van der Waals surface area contributed by atoms with Crippen molar-refractivity contribution in [2.45, 2.75) is 0 Å². The molecule has 0 unspecified atom stereocenters. The Kier molecular flexibility index (Phi) is 2.00. The van der Waals surface area contributed by atoms with Gasteiger partial charge in [0.25, 0.3) is 11.7 Å². The third kappa shape index (κ3) is 1.38. The van der Waals surface area contributed by atoms with E-state index in [2.05, 4.69) is 10.1 Å². The number of esters is 1. The number of hydrogen-bond acceptors (Lipinski definition) is 4. The molecular weight excluding hydrogens is 198 g/mol. The summed E-state index contributed by atoms with van der Waals surface area (Å²) in [6.45, 7) is 0. The van der Waals surface area contributed by atoms with Gasteiger partial charge in [0.15, 0.2) is 0 Å². The van der Waals surface area contributed by atoms with E-state index in [9.17, 15) is 14.4 Å². The highest BCUT2D eigenvalue weighted by Crippen LogP contribution is 2.24. The highest BCUT2D eigenvalue weighted by atomic mass is 16.5. The van der Waals surface area contributed by atoms with Crippen molar-refractivity contribution in [2.75, 3.05) is 12.4 Å². The van der Waals surface area contributed by atoms with Gasteiger partial charge < -0.3 is 10.1 Å². The lowest BCUT2D eigenvalue weighted by atomic mass is 10.1. The fraction of sp³-hybridized carbons (Fsp3) is 0.100. The molecule has 0 fully saturated rings. The maximum Gasteiger partial charge on any atom is 0.337 e. The van der Waals surface area contributed by atoms with Gasteiger partial charge in [0.1, 0.15) is 0 Å². The van der Waals surface area contributed by atoms with Crippen LogP contribution in [0, 0.1) is 0 Å². The molecule has 5 heteroatoms. The quantitative estimate of drug-likeness (QED) is 0.538. The van der Waals surface area contributed by atoms with Crippen LogP contribution in [0.5, 0.6) is 0 Å². The first-order chi connectivity index (χ1) is 7.13. The number of rotatable bonds is 1. The average Bonchev–Trinajstić information content (AvgIpc) is 2.53. The largest absolute Gasteiger partial charge is 0.465 e. The lowest BCUT2D eigenvalue weighted by Crippen LogP contribution is -2.12. The summed E-state index contributed by atoms with van der Waals surface area (Å²) < 4.78 is 4.51. The van der Waals surface area contributed by atoms with E-state index in [4.69, 9.17) is 0 Å². The van der Waals surface area contributed by atoms with Gasteiger partial charge in [0.2, 0.25) is 0 Å². The second-order valence-electron chi connectivity index (χ2n) is 3.04. The van der Waals surface area contributed by atoms with Gasteiger partial charge in [-0.3, -0.25) is 9.59 Å². The number of methoxy groups -OCH3 is 1. The summed E-state index contributed by atoms with van der Waals surface area (Å²) >= 11 is 0. The molecule has 1 aliphatic rings. The van der Waals surface area contributed by atoms with E-state index in [1.807, 2.05) is 0 Å². The molecule has 1 amide bonds. The third-order valence-corrected chi connectivity index (χ3v) is 2.14. The molecule has 15 heavy (non-hydrogen) atoms. The molecule has 0 spiro atoms. The van der Waals surface area contributed by atoms with E-state index in [1.54, 1.807) is 0 Å². The van der Waals surface area contributed by atoms with Crippen molar-refractivity contribution in [3.05, 3.63) is 29.3 Å². The predicted octanol–water partition coefficient (Wildman–Crippen LogP) is 0.608. The van der Waals surface area contributed by atoms with Crippen molar-refractivity contribution in [3.63, 3.8) is 0 Å². The number of fused-ring (bicyclic) bond motifs is 1. The van der Waals surface area contributed by atoms with Gasteiger partial charge in [0.05, 0.1) is 23.9 Å². The van der Waals surface area contributed by atoms with Crippen LogP contribution in [0.2, 0.25) is 0 Å². The number of Topliss-reactive ketones (excluding diaryl/α,β-unsaturated/α-hetero) is 1. The number of ketones is 1. The first-order valence-corrected chi connectivity index (χ1v) is 4.21. The maximum absolute atomic E-state index is 11.2. The Hall–Kier alpha value is -2.17. The summed E-state index contributed by atoms with van der Waals surface area (Å²) in [6.07, 6.45) is 0. The molecule has 1 aromatic rings. The summed E-state index contributed by atoms with van der Waals surface area (Å²) in [6, 6.07) is 4.30. The smallest absolute Gasteiger partial charge is 0.337 e. The van der Waals surface area contributed by atoms with E-state index in [0.29, 0.717) is 11.3 Å². The third-order valence-electron chi connectivity index (χ3n) is 2.14. The summed E-state index contributed by atoms with van der Waals surface area (Å²) in [7, 11) is 1.26. The Morgan fingerprint density at radius 1 is 1.33 bits per heavy atom. The van der Waals surface area contributed by atoms with Crippen LogP contribution in [0.15, 0.2) is 18.2 Å². The van der Waals surface area contributed by atoms with Gasteiger partial charge in [-0.1, -0.05) is 0 Å². The van der Waals surface area contributed by atoms with Crippen molar-refractivity contribution in [1.82, 2.24) is 0 Å². The fourth-order valence-corrected chi connectivity index (χ4v) is 1.39. The summed E-state index contributed by atoms with van der Waals surface area (Å²) in [4.78, 5) is 33.4. The lowest BCUT2D eigenvalue weighted by molar-refractivity contribution is -0.112. The maximum atomic E-state index is 11.2. The van der Waals surface area contributed by atoms with Crippen LogP contribution in [0.1, 0.15) is 20.7 Å². The molecule has 0 radical (unpaired) electrons. The van der Waals surface area contributed by atoms with E-state index in [0.717, 1.165) is 0 Å². The van der Waals surface area contributed by atoms with E-state index >= 15 is 0 Å². The SMILES string of the molecule is COC(=O)c1ccc2c(c1)NC(=O)C2=O. The van der Waals surface area contributed by atoms with Gasteiger partial charge in [0, 0.05) is 0 Å². The summed E-state index contributed by atoms with van der Waals surface area (Å²) in [5, 5.41) is 2.37. The molecule has 0 saturated carbocycles. The monoisotopic (exact) mass is 205 g/mol. The number of ether oxygens (including phenoxy) is 1. The number of carbonyl (C=O) groups is 3. The van der Waals surface area contributed by atoms with Crippen molar-refractivity contribution in [2.24, 2.45) is 0 Å². The van der Waals surface area contributed by atoms with Crippen molar-refractivity contribution in [3.8, 4) is 0 Å². The molecule has 76 valence electrons. The molecule has 0 saturated heterocycles. The summed E-state index contributed by atoms with van der Waals surface area (Å²) in [5.41, 5.74) is 0.937. The van der Waals surface area contributed by atoms with E-state index in [-0.39, 0.29) is 5.56 Å². The van der Waals surface area contributed by atoms with Gasteiger partial charge >= 0.3 is 5.97 Å². The highest BCUT2D eigenvalue weighted by Gasteiger charge is 2.28. The Balaban J connectivity index is 2.46. The summed E-state index contributed by atoms with van der Waals surface area (Å²) in [5.74, 6) is -1.76. The van der Waals surface area contributed by atoms with Crippen LogP contribution in [0.3, 0.4) is 0 Å². The number of anilines is 1. The standard InChI is InChI=1S/C10H7NO4/c1-15-10(14)5-2-3-6-7(4-5)11-9(13)8(6)12/h2-4H,1H3,(H,11,12,13). The first kappa shape index (κ1) is 9.39. The number of nitrogens with one attached hydrogen (secondary N) is 1. The molecule has 0 aliphatic carbocycles. The van der Waals surface area contributed by atoms with E-state index in [1.165, 1.54) is 25.3 Å². The molecule has 5 nitrogen and oxygen atoms in total. The number of benzene rings is 1. The van der Waals surface area contributed by atoms with Gasteiger partial charge in [-0.15, -0.1) is 0 Å². The first-order valence-electron chi connectivity index (χ1n) is 4.21. The van der Waals surface area contributed by atoms with Gasteiger partial charge in [-0.2, -0.15) is 0 Å². The normalized spacial score (nSPS) is 13.4. The zero-order chi connectivity index (χ0) is 11.0. The number of carbonyl (C=O) groups excluding carboxylic acids is 3.